The van der Waals surface area contributed by atoms with Crippen molar-refractivity contribution in [2.24, 2.45) is 0 Å². The van der Waals surface area contributed by atoms with Crippen LogP contribution in [0, 0.1) is 13.8 Å². The quantitative estimate of drug-likeness (QED) is 0.826. The van der Waals surface area contributed by atoms with E-state index in [1.165, 1.54) is 16.8 Å². The summed E-state index contributed by atoms with van der Waals surface area (Å²) in [7, 11) is 0. The highest BCUT2D eigenvalue weighted by molar-refractivity contribution is 5.56. The van der Waals surface area contributed by atoms with Gasteiger partial charge in [0.2, 0.25) is 5.95 Å². The van der Waals surface area contributed by atoms with Crippen LogP contribution in [0.3, 0.4) is 0 Å². The third-order valence-corrected chi connectivity index (χ3v) is 5.67. The Kier molecular flexibility index (Phi) is 5.55. The lowest BCUT2D eigenvalue weighted by Crippen LogP contribution is -2.46. The van der Waals surface area contributed by atoms with Gasteiger partial charge < -0.3 is 14.5 Å². The van der Waals surface area contributed by atoms with E-state index in [-0.39, 0.29) is 0 Å². The zero-order valence-electron chi connectivity index (χ0n) is 16.4. The summed E-state index contributed by atoms with van der Waals surface area (Å²) in [6.45, 7) is 12.8. The fourth-order valence-corrected chi connectivity index (χ4v) is 3.84. The van der Waals surface area contributed by atoms with E-state index in [2.05, 4.69) is 51.7 Å². The molecule has 2 saturated heterocycles. The Balaban J connectivity index is 1.36. The number of anilines is 2. The molecule has 4 rings (SSSR count). The molecule has 2 aliphatic rings. The molecule has 0 aliphatic carbocycles. The highest BCUT2D eigenvalue weighted by Crippen LogP contribution is 2.24. The first-order valence-electron chi connectivity index (χ1n) is 9.89. The van der Waals surface area contributed by atoms with E-state index in [1.54, 1.807) is 0 Å². The standard InChI is InChI=1S/C21H29N5O/c1-17-4-3-5-20(18(17)2)25-10-8-24(9-11-25)16-19-6-7-22-21(23-19)26-12-14-27-15-13-26/h3-7H,8-16H2,1-2H3. The highest BCUT2D eigenvalue weighted by atomic mass is 16.5. The molecule has 0 atom stereocenters. The molecule has 2 fully saturated rings. The van der Waals surface area contributed by atoms with Crippen LogP contribution < -0.4 is 9.80 Å². The smallest absolute Gasteiger partial charge is 0.225 e. The van der Waals surface area contributed by atoms with Crippen molar-refractivity contribution in [3.8, 4) is 0 Å². The summed E-state index contributed by atoms with van der Waals surface area (Å²) in [5.41, 5.74) is 5.25. The number of benzene rings is 1. The molecular weight excluding hydrogens is 338 g/mol. The SMILES string of the molecule is Cc1cccc(N2CCN(Cc3ccnc(N4CCOCC4)n3)CC2)c1C. The average Bonchev–Trinajstić information content (AvgIpc) is 2.72. The van der Waals surface area contributed by atoms with E-state index in [0.717, 1.165) is 70.7 Å². The number of morpholine rings is 1. The van der Waals surface area contributed by atoms with Gasteiger partial charge in [0, 0.05) is 57.7 Å². The number of rotatable bonds is 4. The van der Waals surface area contributed by atoms with Crippen molar-refractivity contribution in [2.75, 3.05) is 62.3 Å². The number of hydrogen-bond donors (Lipinski definition) is 0. The van der Waals surface area contributed by atoms with Gasteiger partial charge in [-0.05, 0) is 37.1 Å². The molecular formula is C21H29N5O. The normalized spacial score (nSPS) is 18.7. The molecule has 6 nitrogen and oxygen atoms in total. The summed E-state index contributed by atoms with van der Waals surface area (Å²) in [6.07, 6.45) is 1.89. The number of piperazine rings is 1. The van der Waals surface area contributed by atoms with Crippen molar-refractivity contribution in [3.63, 3.8) is 0 Å². The van der Waals surface area contributed by atoms with Gasteiger partial charge in [0.1, 0.15) is 0 Å². The second-order valence-corrected chi connectivity index (χ2v) is 7.43. The first-order chi connectivity index (χ1) is 13.2. The van der Waals surface area contributed by atoms with E-state index < -0.39 is 0 Å². The molecule has 0 radical (unpaired) electrons. The number of nitrogens with zero attached hydrogens (tertiary/aromatic N) is 5. The van der Waals surface area contributed by atoms with Crippen LogP contribution >= 0.6 is 0 Å². The van der Waals surface area contributed by atoms with Gasteiger partial charge >= 0.3 is 0 Å². The molecule has 0 unspecified atom stereocenters. The van der Waals surface area contributed by atoms with Gasteiger partial charge in [-0.3, -0.25) is 4.90 Å². The molecule has 27 heavy (non-hydrogen) atoms. The Morgan fingerprint density at radius 1 is 0.926 bits per heavy atom. The first-order valence-corrected chi connectivity index (χ1v) is 9.89. The van der Waals surface area contributed by atoms with Crippen LogP contribution in [0.25, 0.3) is 0 Å². The number of aryl methyl sites for hydroxylation is 1. The molecule has 1 aromatic carbocycles. The Morgan fingerprint density at radius 3 is 2.48 bits per heavy atom. The van der Waals surface area contributed by atoms with Gasteiger partial charge in [-0.15, -0.1) is 0 Å². The van der Waals surface area contributed by atoms with Crippen molar-refractivity contribution in [2.45, 2.75) is 20.4 Å². The van der Waals surface area contributed by atoms with Crippen LogP contribution in [0.5, 0.6) is 0 Å². The van der Waals surface area contributed by atoms with E-state index in [4.69, 9.17) is 9.72 Å². The maximum atomic E-state index is 5.43. The molecule has 6 heteroatoms. The Bertz CT molecular complexity index is 767. The fourth-order valence-electron chi connectivity index (χ4n) is 3.84. The lowest BCUT2D eigenvalue weighted by Gasteiger charge is -2.37. The Labute approximate surface area is 161 Å². The number of ether oxygens (including phenoxy) is 1. The second-order valence-electron chi connectivity index (χ2n) is 7.43. The average molecular weight is 367 g/mol. The minimum Gasteiger partial charge on any atom is -0.378 e. The van der Waals surface area contributed by atoms with E-state index >= 15 is 0 Å². The summed E-state index contributed by atoms with van der Waals surface area (Å²) in [5, 5.41) is 0. The van der Waals surface area contributed by atoms with Gasteiger partial charge in [-0.2, -0.15) is 0 Å². The zero-order chi connectivity index (χ0) is 18.6. The van der Waals surface area contributed by atoms with Crippen molar-refractivity contribution < 1.29 is 4.74 Å². The third-order valence-electron chi connectivity index (χ3n) is 5.67. The van der Waals surface area contributed by atoms with Crippen LogP contribution in [0.2, 0.25) is 0 Å². The third kappa shape index (κ3) is 4.22. The molecule has 3 heterocycles. The van der Waals surface area contributed by atoms with Gasteiger partial charge in [0.05, 0.1) is 18.9 Å². The monoisotopic (exact) mass is 367 g/mol. The predicted molar refractivity (Wildman–Crippen MR) is 108 cm³/mol. The molecule has 0 spiro atoms. The van der Waals surface area contributed by atoms with E-state index in [0.29, 0.717) is 0 Å². The maximum Gasteiger partial charge on any atom is 0.225 e. The van der Waals surface area contributed by atoms with E-state index in [1.807, 2.05) is 12.3 Å². The second kappa shape index (κ2) is 8.23. The van der Waals surface area contributed by atoms with Gasteiger partial charge in [0.15, 0.2) is 0 Å². The molecule has 0 bridgehead atoms. The topological polar surface area (TPSA) is 44.7 Å². The Hall–Kier alpha value is -2.18. The van der Waals surface area contributed by atoms with Crippen LogP contribution in [-0.2, 0) is 11.3 Å². The largest absolute Gasteiger partial charge is 0.378 e. The summed E-state index contributed by atoms with van der Waals surface area (Å²) in [4.78, 5) is 16.5. The lowest BCUT2D eigenvalue weighted by atomic mass is 10.1. The minimum absolute atomic E-state index is 0.758. The van der Waals surface area contributed by atoms with Crippen LogP contribution in [-0.4, -0.2) is 67.4 Å². The summed E-state index contributed by atoms with van der Waals surface area (Å²) in [6, 6.07) is 8.65. The maximum absolute atomic E-state index is 5.43. The molecule has 2 aromatic rings. The van der Waals surface area contributed by atoms with Gasteiger partial charge in [-0.1, -0.05) is 12.1 Å². The van der Waals surface area contributed by atoms with Crippen molar-refractivity contribution in [1.29, 1.82) is 0 Å². The molecule has 144 valence electrons. The molecule has 2 aliphatic heterocycles. The molecule has 0 amide bonds. The molecule has 0 N–H and O–H groups in total. The van der Waals surface area contributed by atoms with Crippen LogP contribution in [0.4, 0.5) is 11.6 Å². The summed E-state index contributed by atoms with van der Waals surface area (Å²) < 4.78 is 5.43. The van der Waals surface area contributed by atoms with Crippen LogP contribution in [0.1, 0.15) is 16.8 Å². The van der Waals surface area contributed by atoms with Crippen molar-refractivity contribution in [1.82, 2.24) is 14.9 Å². The molecule has 0 saturated carbocycles. The minimum atomic E-state index is 0.758. The Morgan fingerprint density at radius 2 is 1.70 bits per heavy atom. The highest BCUT2D eigenvalue weighted by Gasteiger charge is 2.20. The summed E-state index contributed by atoms with van der Waals surface area (Å²) in [5.74, 6) is 0.838. The van der Waals surface area contributed by atoms with E-state index in [9.17, 15) is 0 Å². The predicted octanol–water partition coefficient (Wildman–Crippen LogP) is 2.25. The number of hydrogen-bond acceptors (Lipinski definition) is 6. The molecule has 1 aromatic heterocycles. The van der Waals surface area contributed by atoms with Gasteiger partial charge in [-0.25, -0.2) is 9.97 Å². The fraction of sp³-hybridized carbons (Fsp3) is 0.524. The first kappa shape index (κ1) is 18.2. The zero-order valence-corrected chi connectivity index (χ0v) is 16.4. The van der Waals surface area contributed by atoms with Gasteiger partial charge in [0.25, 0.3) is 0 Å². The summed E-state index contributed by atoms with van der Waals surface area (Å²) >= 11 is 0. The van der Waals surface area contributed by atoms with Crippen LogP contribution in [0.15, 0.2) is 30.5 Å². The van der Waals surface area contributed by atoms with Crippen molar-refractivity contribution >= 4 is 11.6 Å². The lowest BCUT2D eigenvalue weighted by molar-refractivity contribution is 0.122. The number of aromatic nitrogens is 2. The van der Waals surface area contributed by atoms with Crippen molar-refractivity contribution in [3.05, 3.63) is 47.3 Å².